The number of ether oxygens (including phenoxy) is 1. The first-order chi connectivity index (χ1) is 9.13. The smallest absolute Gasteiger partial charge is 0.130 e. The van der Waals surface area contributed by atoms with Gasteiger partial charge in [0.2, 0.25) is 0 Å². The lowest BCUT2D eigenvalue weighted by Crippen LogP contribution is -2.17. The fourth-order valence-electron chi connectivity index (χ4n) is 1.93. The maximum absolute atomic E-state index is 5.77. The molecular weight excluding hydrogens is 236 g/mol. The van der Waals surface area contributed by atoms with E-state index in [-0.39, 0.29) is 6.04 Å². The molecule has 0 spiro atoms. The van der Waals surface area contributed by atoms with Crippen LogP contribution in [0.3, 0.4) is 0 Å². The summed E-state index contributed by atoms with van der Waals surface area (Å²) >= 11 is 0. The van der Waals surface area contributed by atoms with Crippen LogP contribution >= 0.6 is 0 Å². The van der Waals surface area contributed by atoms with Crippen LogP contribution in [0.25, 0.3) is 0 Å². The molecule has 0 saturated carbocycles. The molecule has 19 heavy (non-hydrogen) atoms. The molecule has 0 bridgehead atoms. The lowest BCUT2D eigenvalue weighted by Gasteiger charge is -2.08. The molecule has 0 aliphatic heterocycles. The molecule has 2 aromatic rings. The average Bonchev–Trinajstić information content (AvgIpc) is 2.37. The van der Waals surface area contributed by atoms with Gasteiger partial charge in [0.05, 0.1) is 5.69 Å². The molecular formula is C16H20N2O. The second-order valence-corrected chi connectivity index (χ2v) is 4.88. The monoisotopic (exact) mass is 256 g/mol. The maximum atomic E-state index is 5.77. The van der Waals surface area contributed by atoms with E-state index in [0.717, 1.165) is 23.6 Å². The second kappa shape index (κ2) is 6.34. The normalized spacial score (nSPS) is 12.2. The summed E-state index contributed by atoms with van der Waals surface area (Å²) in [5, 5.41) is 0. The molecule has 100 valence electrons. The highest BCUT2D eigenvalue weighted by molar-refractivity contribution is 5.28. The Kier molecular flexibility index (Phi) is 4.53. The van der Waals surface area contributed by atoms with Gasteiger partial charge in [0.25, 0.3) is 0 Å². The molecule has 3 nitrogen and oxygen atoms in total. The number of benzene rings is 1. The number of pyridine rings is 1. The molecule has 3 heteroatoms. The first-order valence-electron chi connectivity index (χ1n) is 6.53. The third-order valence-corrected chi connectivity index (χ3v) is 2.81. The summed E-state index contributed by atoms with van der Waals surface area (Å²) in [4.78, 5) is 4.40. The van der Waals surface area contributed by atoms with E-state index in [4.69, 9.17) is 10.5 Å². The summed E-state index contributed by atoms with van der Waals surface area (Å²) in [5.74, 6) is 0.858. The predicted octanol–water partition coefficient (Wildman–Crippen LogP) is 2.86. The van der Waals surface area contributed by atoms with E-state index < -0.39 is 0 Å². The minimum absolute atomic E-state index is 0.184. The van der Waals surface area contributed by atoms with Crippen molar-refractivity contribution in [3.63, 3.8) is 0 Å². The van der Waals surface area contributed by atoms with Crippen molar-refractivity contribution in [1.82, 2.24) is 4.98 Å². The summed E-state index contributed by atoms with van der Waals surface area (Å²) in [7, 11) is 0. The molecule has 0 aliphatic carbocycles. The summed E-state index contributed by atoms with van der Waals surface area (Å²) in [6.45, 7) is 4.48. The van der Waals surface area contributed by atoms with Crippen LogP contribution in [0, 0.1) is 6.92 Å². The Hall–Kier alpha value is -1.87. The first kappa shape index (κ1) is 13.6. The van der Waals surface area contributed by atoms with Gasteiger partial charge in [0, 0.05) is 11.7 Å². The van der Waals surface area contributed by atoms with Crippen molar-refractivity contribution in [2.24, 2.45) is 5.73 Å². The molecule has 1 atom stereocenters. The summed E-state index contributed by atoms with van der Waals surface area (Å²) in [5.41, 5.74) is 8.96. The van der Waals surface area contributed by atoms with Gasteiger partial charge in [-0.05, 0) is 50.1 Å². The fraction of sp³-hybridized carbons (Fsp3) is 0.312. The van der Waals surface area contributed by atoms with Gasteiger partial charge in [-0.25, -0.2) is 0 Å². The number of nitrogens with two attached hydrogens (primary N) is 1. The number of rotatable bonds is 5. The van der Waals surface area contributed by atoms with Gasteiger partial charge >= 0.3 is 0 Å². The molecule has 0 fully saturated rings. The topological polar surface area (TPSA) is 48.1 Å². The Morgan fingerprint density at radius 2 is 1.89 bits per heavy atom. The van der Waals surface area contributed by atoms with Crippen molar-refractivity contribution in [3.05, 3.63) is 59.4 Å². The highest BCUT2D eigenvalue weighted by Crippen LogP contribution is 2.14. The van der Waals surface area contributed by atoms with Gasteiger partial charge in [0.15, 0.2) is 0 Å². The lowest BCUT2D eigenvalue weighted by atomic mass is 10.1. The molecule has 2 N–H and O–H groups in total. The number of hydrogen-bond acceptors (Lipinski definition) is 3. The van der Waals surface area contributed by atoms with Gasteiger partial charge in [-0.3, -0.25) is 4.98 Å². The zero-order valence-corrected chi connectivity index (χ0v) is 11.5. The highest BCUT2D eigenvalue weighted by atomic mass is 16.5. The van der Waals surface area contributed by atoms with Crippen molar-refractivity contribution >= 4 is 0 Å². The number of hydrogen-bond donors (Lipinski definition) is 1. The van der Waals surface area contributed by atoms with Crippen molar-refractivity contribution in [2.75, 3.05) is 0 Å². The fourth-order valence-corrected chi connectivity index (χ4v) is 1.93. The zero-order chi connectivity index (χ0) is 13.7. The Bertz CT molecular complexity index is 521. The van der Waals surface area contributed by atoms with E-state index >= 15 is 0 Å². The highest BCUT2D eigenvalue weighted by Gasteiger charge is 2.00. The van der Waals surface area contributed by atoms with Crippen molar-refractivity contribution in [2.45, 2.75) is 32.9 Å². The van der Waals surface area contributed by atoms with Gasteiger partial charge in [-0.2, -0.15) is 0 Å². The summed E-state index contributed by atoms with van der Waals surface area (Å²) in [6.07, 6.45) is 0.889. The number of aryl methyl sites for hydroxylation is 1. The second-order valence-electron chi connectivity index (χ2n) is 4.88. The van der Waals surface area contributed by atoms with Crippen molar-refractivity contribution in [1.29, 1.82) is 0 Å². The standard InChI is InChI=1S/C16H20N2O/c1-12(17)10-14-6-8-16(9-7-14)19-11-15-5-3-4-13(2)18-15/h3-9,12H,10-11,17H2,1-2H3. The van der Waals surface area contributed by atoms with Crippen molar-refractivity contribution in [3.8, 4) is 5.75 Å². The van der Waals surface area contributed by atoms with E-state index in [1.54, 1.807) is 0 Å². The largest absolute Gasteiger partial charge is 0.487 e. The molecule has 0 saturated heterocycles. The van der Waals surface area contributed by atoms with E-state index in [0.29, 0.717) is 6.61 Å². The third kappa shape index (κ3) is 4.38. The molecule has 0 aliphatic rings. The Morgan fingerprint density at radius 1 is 1.16 bits per heavy atom. The van der Waals surface area contributed by atoms with Gasteiger partial charge in [0.1, 0.15) is 12.4 Å². The van der Waals surface area contributed by atoms with Gasteiger partial charge in [-0.15, -0.1) is 0 Å². The molecule has 1 unspecified atom stereocenters. The quantitative estimate of drug-likeness (QED) is 0.894. The van der Waals surface area contributed by atoms with Crippen LogP contribution in [0.4, 0.5) is 0 Å². The van der Waals surface area contributed by atoms with Crippen LogP contribution in [-0.2, 0) is 13.0 Å². The van der Waals surface area contributed by atoms with E-state index in [9.17, 15) is 0 Å². The van der Waals surface area contributed by atoms with Gasteiger partial charge in [-0.1, -0.05) is 18.2 Å². The molecule has 1 aromatic heterocycles. The third-order valence-electron chi connectivity index (χ3n) is 2.81. The minimum atomic E-state index is 0.184. The van der Waals surface area contributed by atoms with E-state index in [1.807, 2.05) is 44.2 Å². The van der Waals surface area contributed by atoms with E-state index in [2.05, 4.69) is 17.1 Å². The van der Waals surface area contributed by atoms with Crippen molar-refractivity contribution < 1.29 is 4.74 Å². The van der Waals surface area contributed by atoms with Crippen LogP contribution in [0.15, 0.2) is 42.5 Å². The SMILES string of the molecule is Cc1cccc(COc2ccc(CC(C)N)cc2)n1. The van der Waals surface area contributed by atoms with Gasteiger partial charge < -0.3 is 10.5 Å². The summed E-state index contributed by atoms with van der Waals surface area (Å²) in [6, 6.07) is 14.2. The van der Waals surface area contributed by atoms with Crippen LogP contribution in [0.5, 0.6) is 5.75 Å². The lowest BCUT2D eigenvalue weighted by molar-refractivity contribution is 0.301. The molecule has 2 rings (SSSR count). The molecule has 1 heterocycles. The minimum Gasteiger partial charge on any atom is -0.487 e. The van der Waals surface area contributed by atoms with Crippen LogP contribution in [0.1, 0.15) is 23.9 Å². The Balaban J connectivity index is 1.93. The molecule has 0 amide bonds. The Morgan fingerprint density at radius 3 is 2.53 bits per heavy atom. The Labute approximate surface area is 114 Å². The number of nitrogens with zero attached hydrogens (tertiary/aromatic N) is 1. The van der Waals surface area contributed by atoms with Crippen LogP contribution in [-0.4, -0.2) is 11.0 Å². The zero-order valence-electron chi connectivity index (χ0n) is 11.5. The molecule has 0 radical (unpaired) electrons. The predicted molar refractivity (Wildman–Crippen MR) is 77.1 cm³/mol. The van der Waals surface area contributed by atoms with E-state index in [1.165, 1.54) is 5.56 Å². The maximum Gasteiger partial charge on any atom is 0.130 e. The number of aromatic nitrogens is 1. The van der Waals surface area contributed by atoms with Crippen LogP contribution in [0.2, 0.25) is 0 Å². The average molecular weight is 256 g/mol. The first-order valence-corrected chi connectivity index (χ1v) is 6.53. The molecule has 1 aromatic carbocycles. The van der Waals surface area contributed by atoms with Crippen LogP contribution < -0.4 is 10.5 Å². The summed E-state index contributed by atoms with van der Waals surface area (Å²) < 4.78 is 5.71.